The number of hydrogen-bond donors (Lipinski definition) is 2. The Labute approximate surface area is 249 Å². The molecular formula is C34H30N4O3S. The summed E-state index contributed by atoms with van der Waals surface area (Å²) in [6, 6.07) is 32.7. The van der Waals surface area contributed by atoms with Crippen molar-refractivity contribution in [3.8, 4) is 11.8 Å². The van der Waals surface area contributed by atoms with E-state index in [1.54, 1.807) is 6.92 Å². The van der Waals surface area contributed by atoms with Gasteiger partial charge in [0.1, 0.15) is 11.7 Å². The number of carbonyl (C=O) groups excluding carboxylic acids is 2. The molecule has 1 unspecified atom stereocenters. The number of nitrogens with one attached hydrogen (secondary N) is 2. The zero-order valence-corrected chi connectivity index (χ0v) is 24.2. The molecule has 0 fully saturated rings. The van der Waals surface area contributed by atoms with Gasteiger partial charge in [-0.3, -0.25) is 9.59 Å². The summed E-state index contributed by atoms with van der Waals surface area (Å²) in [4.78, 5) is 31.2. The molecule has 1 heterocycles. The van der Waals surface area contributed by atoms with Gasteiger partial charge in [-0.05, 0) is 66.6 Å². The lowest BCUT2D eigenvalue weighted by atomic mass is 9.78. The molecule has 4 aromatic carbocycles. The SMILES string of the molecule is CCOc1ccc([C@@H]2C(C(=O)Nc3ccccc3)=C(C)N=C(SCC(=O)Nc3ccc4ccccc4c3)C2C#N)cc1. The van der Waals surface area contributed by atoms with Crippen LogP contribution in [0.1, 0.15) is 25.3 Å². The molecule has 2 amide bonds. The van der Waals surface area contributed by atoms with Gasteiger partial charge in [0.15, 0.2) is 0 Å². The highest BCUT2D eigenvalue weighted by Crippen LogP contribution is 2.42. The Morgan fingerprint density at radius 1 is 0.905 bits per heavy atom. The minimum atomic E-state index is -0.762. The van der Waals surface area contributed by atoms with Crippen molar-refractivity contribution in [3.63, 3.8) is 0 Å². The summed E-state index contributed by atoms with van der Waals surface area (Å²) in [7, 11) is 0. The van der Waals surface area contributed by atoms with Crippen LogP contribution in [0.5, 0.6) is 5.75 Å². The first-order valence-corrected chi connectivity index (χ1v) is 14.6. The van der Waals surface area contributed by atoms with Crippen molar-refractivity contribution in [1.29, 1.82) is 5.26 Å². The zero-order chi connectivity index (χ0) is 29.5. The number of nitrogens with zero attached hydrogens (tertiary/aromatic N) is 2. The molecule has 0 bridgehead atoms. The maximum Gasteiger partial charge on any atom is 0.254 e. The Morgan fingerprint density at radius 2 is 1.62 bits per heavy atom. The maximum absolute atomic E-state index is 13.6. The van der Waals surface area contributed by atoms with E-state index in [-0.39, 0.29) is 17.6 Å². The van der Waals surface area contributed by atoms with E-state index >= 15 is 0 Å². The molecule has 1 aliphatic rings. The summed E-state index contributed by atoms with van der Waals surface area (Å²) in [5, 5.41) is 18.9. The van der Waals surface area contributed by atoms with Crippen LogP contribution >= 0.6 is 11.8 Å². The number of thioether (sulfide) groups is 1. The summed E-state index contributed by atoms with van der Waals surface area (Å²) in [6.45, 7) is 4.21. The lowest BCUT2D eigenvalue weighted by Gasteiger charge is -2.30. The van der Waals surface area contributed by atoms with Gasteiger partial charge in [0.05, 0.1) is 23.5 Å². The molecule has 210 valence electrons. The quantitative estimate of drug-likeness (QED) is 0.232. The number of rotatable bonds is 8. The van der Waals surface area contributed by atoms with Gasteiger partial charge in [-0.15, -0.1) is 0 Å². The Hall–Kier alpha value is -4.87. The first kappa shape index (κ1) is 28.7. The molecule has 2 N–H and O–H groups in total. The molecule has 8 heteroatoms. The first-order valence-electron chi connectivity index (χ1n) is 13.7. The predicted octanol–water partition coefficient (Wildman–Crippen LogP) is 7.16. The van der Waals surface area contributed by atoms with Gasteiger partial charge < -0.3 is 15.4 Å². The Balaban J connectivity index is 1.40. The van der Waals surface area contributed by atoms with Gasteiger partial charge in [0, 0.05) is 28.6 Å². The molecule has 0 aliphatic carbocycles. The van der Waals surface area contributed by atoms with Gasteiger partial charge in [-0.1, -0.05) is 72.4 Å². The van der Waals surface area contributed by atoms with E-state index in [2.05, 4.69) is 16.7 Å². The largest absolute Gasteiger partial charge is 0.494 e. The van der Waals surface area contributed by atoms with E-state index in [9.17, 15) is 14.9 Å². The molecule has 42 heavy (non-hydrogen) atoms. The molecule has 4 aromatic rings. The Bertz CT molecular complexity index is 1710. The topological polar surface area (TPSA) is 104 Å². The van der Waals surface area contributed by atoms with Gasteiger partial charge >= 0.3 is 0 Å². The third kappa shape index (κ3) is 6.54. The number of para-hydroxylation sites is 1. The summed E-state index contributed by atoms with van der Waals surface area (Å²) < 4.78 is 5.61. The minimum Gasteiger partial charge on any atom is -0.494 e. The number of amides is 2. The molecule has 1 aliphatic heterocycles. The number of fused-ring (bicyclic) bond motifs is 1. The standard InChI is InChI=1S/C34H30N4O3S/c1-3-41-28-17-14-24(15-18-28)32-29(20-35)34(36-22(2)31(32)33(40)38-26-11-5-4-6-12-26)42-21-30(39)37-27-16-13-23-9-7-8-10-25(23)19-27/h4-19,29,32H,3,21H2,1-2H3,(H,37,39)(H,38,40)/t29?,32-/m0/s1. The fourth-order valence-corrected chi connectivity index (χ4v) is 5.93. The van der Waals surface area contributed by atoms with E-state index in [0.29, 0.717) is 40.0 Å². The molecule has 2 atom stereocenters. The average molecular weight is 575 g/mol. The molecule has 0 saturated carbocycles. The average Bonchev–Trinajstić information content (AvgIpc) is 3.00. The lowest BCUT2D eigenvalue weighted by molar-refractivity contribution is -0.114. The second-order valence-electron chi connectivity index (χ2n) is 9.75. The number of aliphatic imine (C=N–C) groups is 1. The molecule has 0 saturated heterocycles. The van der Waals surface area contributed by atoms with E-state index in [1.165, 1.54) is 11.8 Å². The zero-order valence-electron chi connectivity index (χ0n) is 23.3. The van der Waals surface area contributed by atoms with Crippen LogP contribution in [-0.2, 0) is 9.59 Å². The van der Waals surface area contributed by atoms with Crippen LogP contribution in [0, 0.1) is 17.2 Å². The molecular weight excluding hydrogens is 544 g/mol. The van der Waals surface area contributed by atoms with Crippen molar-refractivity contribution in [2.24, 2.45) is 10.9 Å². The van der Waals surface area contributed by atoms with Crippen molar-refractivity contribution in [3.05, 3.63) is 114 Å². The predicted molar refractivity (Wildman–Crippen MR) is 170 cm³/mol. The normalized spacial score (nSPS) is 16.4. The third-order valence-electron chi connectivity index (χ3n) is 6.93. The maximum atomic E-state index is 13.6. The number of hydrogen-bond acceptors (Lipinski definition) is 6. The van der Waals surface area contributed by atoms with E-state index in [1.807, 2.05) is 104 Å². The number of benzene rings is 4. The molecule has 0 aromatic heterocycles. The molecule has 7 nitrogen and oxygen atoms in total. The Morgan fingerprint density at radius 3 is 2.33 bits per heavy atom. The van der Waals surface area contributed by atoms with Gasteiger partial charge in [-0.2, -0.15) is 5.26 Å². The number of nitriles is 1. The second kappa shape index (κ2) is 13.2. The summed E-state index contributed by atoms with van der Waals surface area (Å²) >= 11 is 1.22. The van der Waals surface area contributed by atoms with Crippen molar-refractivity contribution in [2.75, 3.05) is 23.0 Å². The van der Waals surface area contributed by atoms with Crippen LogP contribution in [0.3, 0.4) is 0 Å². The highest BCUT2D eigenvalue weighted by molar-refractivity contribution is 8.14. The number of carbonyl (C=O) groups is 2. The van der Waals surface area contributed by atoms with Crippen LogP contribution < -0.4 is 15.4 Å². The minimum absolute atomic E-state index is 0.0681. The van der Waals surface area contributed by atoms with Gasteiger partial charge in [-0.25, -0.2) is 4.99 Å². The molecule has 0 spiro atoms. The fourth-order valence-electron chi connectivity index (χ4n) is 5.01. The summed E-state index contributed by atoms with van der Waals surface area (Å²) in [5.74, 6) is -1.10. The van der Waals surface area contributed by atoms with E-state index in [4.69, 9.17) is 9.73 Å². The van der Waals surface area contributed by atoms with Crippen LogP contribution in [0.15, 0.2) is 113 Å². The van der Waals surface area contributed by atoms with Crippen molar-refractivity contribution in [1.82, 2.24) is 0 Å². The van der Waals surface area contributed by atoms with Crippen molar-refractivity contribution >= 4 is 50.8 Å². The van der Waals surface area contributed by atoms with E-state index < -0.39 is 11.8 Å². The highest BCUT2D eigenvalue weighted by atomic mass is 32.2. The van der Waals surface area contributed by atoms with Gasteiger partial charge in [0.2, 0.25) is 5.91 Å². The van der Waals surface area contributed by atoms with Gasteiger partial charge in [0.25, 0.3) is 5.91 Å². The second-order valence-corrected chi connectivity index (χ2v) is 10.8. The third-order valence-corrected chi connectivity index (χ3v) is 7.98. The summed E-state index contributed by atoms with van der Waals surface area (Å²) in [6.07, 6.45) is 0. The van der Waals surface area contributed by atoms with Crippen LogP contribution in [0.2, 0.25) is 0 Å². The summed E-state index contributed by atoms with van der Waals surface area (Å²) in [5.41, 5.74) is 3.06. The number of allylic oxidation sites excluding steroid dienone is 1. The number of ether oxygens (including phenoxy) is 1. The monoisotopic (exact) mass is 574 g/mol. The van der Waals surface area contributed by atoms with Crippen LogP contribution in [0.4, 0.5) is 11.4 Å². The van der Waals surface area contributed by atoms with Crippen LogP contribution in [-0.4, -0.2) is 29.2 Å². The van der Waals surface area contributed by atoms with Crippen LogP contribution in [0.25, 0.3) is 10.8 Å². The smallest absolute Gasteiger partial charge is 0.254 e. The molecule has 0 radical (unpaired) electrons. The number of anilines is 2. The molecule has 5 rings (SSSR count). The fraction of sp³-hybridized carbons (Fsp3) is 0.176. The first-order chi connectivity index (χ1) is 20.5. The van der Waals surface area contributed by atoms with Crippen molar-refractivity contribution in [2.45, 2.75) is 19.8 Å². The Kier molecular flexibility index (Phi) is 9.00. The lowest BCUT2D eigenvalue weighted by Crippen LogP contribution is -2.31. The van der Waals surface area contributed by atoms with E-state index in [0.717, 1.165) is 16.3 Å². The van der Waals surface area contributed by atoms with Crippen molar-refractivity contribution < 1.29 is 14.3 Å². The highest BCUT2D eigenvalue weighted by Gasteiger charge is 2.39.